The molecule has 3 aromatic carbocycles. The van der Waals surface area contributed by atoms with E-state index in [1.807, 2.05) is 24.3 Å². The van der Waals surface area contributed by atoms with E-state index in [1.165, 1.54) is 24.3 Å². The topological polar surface area (TPSA) is 81.4 Å². The molecule has 0 saturated heterocycles. The molecule has 5 rings (SSSR count). The fraction of sp³-hybridized carbons (Fsp3) is 0. The summed E-state index contributed by atoms with van der Waals surface area (Å²) >= 11 is 0. The summed E-state index contributed by atoms with van der Waals surface area (Å²) in [5.74, 6) is -0.319. The number of ether oxygens (including phenoxy) is 1. The number of nitrogens with zero attached hydrogens (tertiary/aromatic N) is 4. The highest BCUT2D eigenvalue weighted by Crippen LogP contribution is 2.31. The molecule has 0 saturated carbocycles. The highest BCUT2D eigenvalue weighted by atomic mass is 19.1. The number of hydrogen-bond acceptors (Lipinski definition) is 5. The van der Waals surface area contributed by atoms with Crippen molar-refractivity contribution in [2.45, 2.75) is 0 Å². The van der Waals surface area contributed by atoms with E-state index >= 15 is 0 Å². The van der Waals surface area contributed by atoms with Crippen LogP contribution >= 0.6 is 0 Å². The number of carbonyl (C=O) groups excluding carboxylic acids is 1. The fourth-order valence-electron chi connectivity index (χ4n) is 3.13. The third kappa shape index (κ3) is 3.20. The summed E-state index contributed by atoms with van der Waals surface area (Å²) in [6.07, 6.45) is 1.59. The molecule has 7 nitrogen and oxygen atoms in total. The van der Waals surface area contributed by atoms with Crippen molar-refractivity contribution in [3.05, 3.63) is 90.5 Å². The zero-order valence-corrected chi connectivity index (χ0v) is 15.5. The van der Waals surface area contributed by atoms with Crippen molar-refractivity contribution in [1.82, 2.24) is 19.6 Å². The molecule has 30 heavy (non-hydrogen) atoms. The van der Waals surface area contributed by atoms with Crippen LogP contribution in [0.5, 0.6) is 11.6 Å². The van der Waals surface area contributed by atoms with Gasteiger partial charge in [-0.25, -0.2) is 9.37 Å². The van der Waals surface area contributed by atoms with Crippen LogP contribution in [0.15, 0.2) is 79.1 Å². The highest BCUT2D eigenvalue weighted by Gasteiger charge is 2.15. The summed E-state index contributed by atoms with van der Waals surface area (Å²) in [5, 5.41) is 10.8. The molecule has 2 aromatic heterocycles. The van der Waals surface area contributed by atoms with Crippen LogP contribution in [0.4, 0.5) is 10.1 Å². The molecule has 0 fully saturated rings. The standard InChI is InChI=1S/C22H14FN5O2/c23-15-7-5-6-14(12-15)21(29)25-17-9-2-4-11-19(17)30-22-20-27-24-13-28(20)18-10-3-1-8-16(18)26-22/h1-13H,(H,25,29). The molecule has 0 aliphatic rings. The lowest BCUT2D eigenvalue weighted by Crippen LogP contribution is -2.12. The Bertz CT molecular complexity index is 1400. The van der Waals surface area contributed by atoms with Gasteiger partial charge in [0.05, 0.1) is 16.7 Å². The van der Waals surface area contributed by atoms with Crippen molar-refractivity contribution in [1.29, 1.82) is 0 Å². The summed E-state index contributed by atoms with van der Waals surface area (Å²) < 4.78 is 21.3. The Morgan fingerprint density at radius 1 is 1.00 bits per heavy atom. The molecule has 0 aliphatic carbocycles. The average Bonchev–Trinajstić information content (AvgIpc) is 3.26. The van der Waals surface area contributed by atoms with Crippen LogP contribution < -0.4 is 10.1 Å². The summed E-state index contributed by atoms with van der Waals surface area (Å²) in [6.45, 7) is 0. The maximum absolute atomic E-state index is 13.5. The number of benzene rings is 3. The lowest BCUT2D eigenvalue weighted by atomic mass is 10.2. The molecular weight excluding hydrogens is 385 g/mol. The minimum absolute atomic E-state index is 0.202. The lowest BCUT2D eigenvalue weighted by Gasteiger charge is -2.13. The molecule has 146 valence electrons. The van der Waals surface area contributed by atoms with Crippen LogP contribution in [0.1, 0.15) is 10.4 Å². The van der Waals surface area contributed by atoms with Gasteiger partial charge in [0.15, 0.2) is 5.75 Å². The van der Waals surface area contributed by atoms with Crippen molar-refractivity contribution in [3.63, 3.8) is 0 Å². The number of rotatable bonds is 4. The quantitative estimate of drug-likeness (QED) is 0.483. The first-order valence-corrected chi connectivity index (χ1v) is 9.11. The molecule has 0 spiro atoms. The van der Waals surface area contributed by atoms with E-state index in [0.717, 1.165) is 5.52 Å². The zero-order chi connectivity index (χ0) is 20.5. The molecule has 0 bridgehead atoms. The van der Waals surface area contributed by atoms with Gasteiger partial charge < -0.3 is 10.1 Å². The van der Waals surface area contributed by atoms with E-state index in [1.54, 1.807) is 35.0 Å². The number of amides is 1. The Kier molecular flexibility index (Phi) is 4.29. The second-order valence-corrected chi connectivity index (χ2v) is 6.49. The van der Waals surface area contributed by atoms with Gasteiger partial charge in [0.25, 0.3) is 11.8 Å². The molecule has 2 heterocycles. The Labute approximate surface area is 169 Å². The number of para-hydroxylation sites is 4. The van der Waals surface area contributed by atoms with E-state index < -0.39 is 11.7 Å². The van der Waals surface area contributed by atoms with Gasteiger partial charge in [0.2, 0.25) is 5.65 Å². The van der Waals surface area contributed by atoms with E-state index in [2.05, 4.69) is 20.5 Å². The van der Waals surface area contributed by atoms with Crippen molar-refractivity contribution in [2.75, 3.05) is 5.32 Å². The highest BCUT2D eigenvalue weighted by molar-refractivity contribution is 6.05. The molecule has 0 aliphatic heterocycles. The minimum atomic E-state index is -0.484. The van der Waals surface area contributed by atoms with Crippen LogP contribution in [0.2, 0.25) is 0 Å². The van der Waals surface area contributed by atoms with E-state index in [0.29, 0.717) is 22.6 Å². The van der Waals surface area contributed by atoms with Gasteiger partial charge in [-0.1, -0.05) is 30.3 Å². The Morgan fingerprint density at radius 3 is 2.73 bits per heavy atom. The van der Waals surface area contributed by atoms with Crippen LogP contribution in [-0.4, -0.2) is 25.5 Å². The number of hydrogen-bond donors (Lipinski definition) is 1. The van der Waals surface area contributed by atoms with Gasteiger partial charge in [-0.05, 0) is 42.5 Å². The number of halogens is 1. The Balaban J connectivity index is 1.52. The smallest absolute Gasteiger partial charge is 0.266 e. The predicted octanol–water partition coefficient (Wildman–Crippen LogP) is 4.46. The Morgan fingerprint density at radius 2 is 1.83 bits per heavy atom. The molecule has 0 unspecified atom stereocenters. The van der Waals surface area contributed by atoms with Crippen molar-refractivity contribution < 1.29 is 13.9 Å². The third-order valence-corrected chi connectivity index (χ3v) is 4.53. The second-order valence-electron chi connectivity index (χ2n) is 6.49. The van der Waals surface area contributed by atoms with Gasteiger partial charge in [0, 0.05) is 5.56 Å². The zero-order valence-electron chi connectivity index (χ0n) is 15.5. The molecule has 8 heteroatoms. The van der Waals surface area contributed by atoms with Crippen LogP contribution in [0.25, 0.3) is 16.7 Å². The Hall–Kier alpha value is -4.33. The van der Waals surface area contributed by atoms with Gasteiger partial charge in [-0.15, -0.1) is 10.2 Å². The number of anilines is 1. The van der Waals surface area contributed by atoms with Gasteiger partial charge in [-0.3, -0.25) is 9.20 Å². The second kappa shape index (κ2) is 7.25. The lowest BCUT2D eigenvalue weighted by molar-refractivity contribution is 0.102. The van der Waals surface area contributed by atoms with Crippen molar-refractivity contribution in [2.24, 2.45) is 0 Å². The van der Waals surface area contributed by atoms with Gasteiger partial charge in [-0.2, -0.15) is 0 Å². The summed E-state index contributed by atoms with van der Waals surface area (Å²) in [4.78, 5) is 17.1. The largest absolute Gasteiger partial charge is 0.434 e. The van der Waals surface area contributed by atoms with Gasteiger partial charge >= 0.3 is 0 Å². The first-order valence-electron chi connectivity index (χ1n) is 9.11. The summed E-state index contributed by atoms with van der Waals surface area (Å²) in [5.41, 5.74) is 2.62. The molecule has 1 N–H and O–H groups in total. The average molecular weight is 399 g/mol. The SMILES string of the molecule is O=C(Nc1ccccc1Oc1nc2ccccc2n2cnnc12)c1cccc(F)c1. The first-order chi connectivity index (χ1) is 14.7. The normalized spacial score (nSPS) is 11.0. The first kappa shape index (κ1) is 17.7. The molecule has 0 radical (unpaired) electrons. The summed E-state index contributed by atoms with van der Waals surface area (Å²) in [7, 11) is 0. The van der Waals surface area contributed by atoms with Gasteiger partial charge in [0.1, 0.15) is 12.1 Å². The van der Waals surface area contributed by atoms with Crippen LogP contribution in [0, 0.1) is 5.82 Å². The van der Waals surface area contributed by atoms with E-state index in [-0.39, 0.29) is 11.4 Å². The molecular formula is C22H14FN5O2. The van der Waals surface area contributed by atoms with E-state index in [9.17, 15) is 9.18 Å². The molecule has 1 amide bonds. The van der Waals surface area contributed by atoms with E-state index in [4.69, 9.17) is 4.74 Å². The predicted molar refractivity (Wildman–Crippen MR) is 109 cm³/mol. The fourth-order valence-corrected chi connectivity index (χ4v) is 3.13. The third-order valence-electron chi connectivity index (χ3n) is 4.53. The monoisotopic (exact) mass is 399 g/mol. The molecule has 0 atom stereocenters. The number of nitrogens with one attached hydrogen (secondary N) is 1. The van der Waals surface area contributed by atoms with Crippen LogP contribution in [-0.2, 0) is 0 Å². The number of aromatic nitrogens is 4. The van der Waals surface area contributed by atoms with Crippen molar-refractivity contribution >= 4 is 28.3 Å². The maximum Gasteiger partial charge on any atom is 0.266 e. The molecule has 5 aromatic rings. The minimum Gasteiger partial charge on any atom is -0.434 e. The maximum atomic E-state index is 13.5. The number of carbonyl (C=O) groups is 1. The number of fused-ring (bicyclic) bond motifs is 3. The summed E-state index contributed by atoms with van der Waals surface area (Å²) in [6, 6.07) is 19.9. The van der Waals surface area contributed by atoms with Crippen molar-refractivity contribution in [3.8, 4) is 11.6 Å². The van der Waals surface area contributed by atoms with Crippen LogP contribution in [0.3, 0.4) is 0 Å².